The molecule has 40 heavy (non-hydrogen) atoms. The molecule has 210 valence electrons. The fourth-order valence-electron chi connectivity index (χ4n) is 5.28. The zero-order valence-corrected chi connectivity index (χ0v) is 22.4. The zero-order valence-electron chi connectivity index (χ0n) is 22.4. The maximum atomic E-state index is 13.8. The predicted molar refractivity (Wildman–Crippen MR) is 148 cm³/mol. The summed E-state index contributed by atoms with van der Waals surface area (Å²) in [6.07, 6.45) is -2.41. The Morgan fingerprint density at radius 1 is 0.950 bits per heavy atom. The van der Waals surface area contributed by atoms with Gasteiger partial charge in [0.2, 0.25) is 0 Å². The molecule has 0 saturated carbocycles. The lowest BCUT2D eigenvalue weighted by molar-refractivity contribution is -0.137. The molecule has 0 atom stereocenters. The molecule has 5 nitrogen and oxygen atoms in total. The van der Waals surface area contributed by atoms with Crippen LogP contribution in [0.1, 0.15) is 58.8 Å². The highest BCUT2D eigenvalue weighted by Crippen LogP contribution is 2.45. The Labute approximate surface area is 232 Å². The van der Waals surface area contributed by atoms with Crippen molar-refractivity contribution in [3.63, 3.8) is 0 Å². The molecule has 0 radical (unpaired) electrons. The van der Waals surface area contributed by atoms with Gasteiger partial charge in [0.25, 0.3) is 0 Å². The smallest absolute Gasteiger partial charge is 0.416 e. The third-order valence-electron chi connectivity index (χ3n) is 7.24. The molecule has 5 rings (SSSR count). The van der Waals surface area contributed by atoms with Crippen LogP contribution in [0.15, 0.2) is 66.7 Å². The van der Waals surface area contributed by atoms with E-state index in [0.29, 0.717) is 56.0 Å². The van der Waals surface area contributed by atoms with Gasteiger partial charge in [-0.05, 0) is 84.9 Å². The molecule has 1 aliphatic heterocycles. The summed E-state index contributed by atoms with van der Waals surface area (Å²) in [5.41, 5.74) is 4.47. The van der Waals surface area contributed by atoms with Gasteiger partial charge in [0.05, 0.1) is 30.9 Å². The van der Waals surface area contributed by atoms with Gasteiger partial charge in [-0.15, -0.1) is 0 Å². The zero-order chi connectivity index (χ0) is 28.1. The van der Waals surface area contributed by atoms with Crippen LogP contribution in [0.3, 0.4) is 0 Å². The average Bonchev–Trinajstić information content (AvgIpc) is 3.46. The van der Waals surface area contributed by atoms with Gasteiger partial charge in [-0.1, -0.05) is 30.3 Å². The molecule has 0 amide bonds. The van der Waals surface area contributed by atoms with Crippen molar-refractivity contribution in [2.24, 2.45) is 0 Å². The summed E-state index contributed by atoms with van der Waals surface area (Å²) < 4.78 is 58.3. The lowest BCUT2D eigenvalue weighted by atomic mass is 9.93. The molecular weight excluding hydrogens is 519 g/mol. The van der Waals surface area contributed by atoms with E-state index in [1.807, 2.05) is 42.5 Å². The van der Waals surface area contributed by atoms with E-state index in [-0.39, 0.29) is 13.2 Å². The van der Waals surface area contributed by atoms with E-state index in [4.69, 9.17) is 14.2 Å². The minimum Gasteiger partial charge on any atom is -0.488 e. The minimum atomic E-state index is -4.49. The number of carbonyl (C=O) groups excluding carboxylic acids is 1. The highest BCUT2D eigenvalue weighted by molar-refractivity contribution is 5.98. The number of anilines is 1. The largest absolute Gasteiger partial charge is 0.488 e. The van der Waals surface area contributed by atoms with Crippen LogP contribution < -0.4 is 9.64 Å². The SMILES string of the molecule is CCOC(=O)c1cc(C2=C(c3cc(C(F)(F)F)ccc3OCc3ccccc3)CCC2)cc(N2CCOCC2)c1. The van der Waals surface area contributed by atoms with Crippen LogP contribution in [0.2, 0.25) is 0 Å². The summed E-state index contributed by atoms with van der Waals surface area (Å²) in [5, 5.41) is 0. The molecule has 3 aromatic rings. The molecule has 0 aromatic heterocycles. The number of hydrogen-bond donors (Lipinski definition) is 0. The van der Waals surface area contributed by atoms with Crippen molar-refractivity contribution in [3.05, 3.63) is 94.5 Å². The summed E-state index contributed by atoms with van der Waals surface area (Å²) in [6.45, 7) is 4.77. The number of hydrogen-bond acceptors (Lipinski definition) is 5. The Bertz CT molecular complexity index is 1380. The van der Waals surface area contributed by atoms with E-state index in [1.54, 1.807) is 13.0 Å². The van der Waals surface area contributed by atoms with Gasteiger partial charge in [-0.2, -0.15) is 13.2 Å². The highest BCUT2D eigenvalue weighted by atomic mass is 19.4. The Kier molecular flexibility index (Phi) is 8.45. The van der Waals surface area contributed by atoms with Gasteiger partial charge in [-0.25, -0.2) is 4.79 Å². The van der Waals surface area contributed by atoms with Crippen LogP contribution in [0.5, 0.6) is 5.75 Å². The van der Waals surface area contributed by atoms with Crippen molar-refractivity contribution in [1.29, 1.82) is 0 Å². The van der Waals surface area contributed by atoms with E-state index in [1.165, 1.54) is 12.1 Å². The summed E-state index contributed by atoms with van der Waals surface area (Å²) in [5.74, 6) is -0.0221. The first kappa shape index (κ1) is 27.8. The number of benzene rings is 3. The second-order valence-electron chi connectivity index (χ2n) is 9.88. The molecule has 2 aliphatic rings. The molecule has 0 unspecified atom stereocenters. The normalized spacial score (nSPS) is 15.8. The number of ether oxygens (including phenoxy) is 3. The van der Waals surface area contributed by atoms with Gasteiger partial charge in [0, 0.05) is 24.3 Å². The Balaban J connectivity index is 1.60. The van der Waals surface area contributed by atoms with Crippen molar-refractivity contribution >= 4 is 22.8 Å². The molecular formula is C32H32F3NO4. The fraction of sp³-hybridized carbons (Fsp3) is 0.344. The summed E-state index contributed by atoms with van der Waals surface area (Å²) in [6, 6.07) is 18.8. The van der Waals surface area contributed by atoms with Crippen molar-refractivity contribution in [3.8, 4) is 5.75 Å². The number of esters is 1. The summed E-state index contributed by atoms with van der Waals surface area (Å²) in [4.78, 5) is 15.0. The molecule has 1 saturated heterocycles. The summed E-state index contributed by atoms with van der Waals surface area (Å²) in [7, 11) is 0. The first-order chi connectivity index (χ1) is 19.3. The Hall–Kier alpha value is -3.78. The molecule has 1 aliphatic carbocycles. The van der Waals surface area contributed by atoms with Crippen molar-refractivity contribution < 1.29 is 32.2 Å². The van der Waals surface area contributed by atoms with Crippen molar-refractivity contribution in [2.75, 3.05) is 37.8 Å². The summed E-state index contributed by atoms with van der Waals surface area (Å²) >= 11 is 0. The Morgan fingerprint density at radius 3 is 2.42 bits per heavy atom. The number of alkyl halides is 3. The third-order valence-corrected chi connectivity index (χ3v) is 7.24. The number of halogens is 3. The molecule has 1 heterocycles. The minimum absolute atomic E-state index is 0.237. The van der Waals surface area contributed by atoms with E-state index in [0.717, 1.165) is 40.4 Å². The number of rotatable bonds is 8. The monoisotopic (exact) mass is 551 g/mol. The predicted octanol–water partition coefficient (Wildman–Crippen LogP) is 7.39. The van der Waals surface area contributed by atoms with Gasteiger partial charge >= 0.3 is 12.1 Å². The Morgan fingerprint density at radius 2 is 1.70 bits per heavy atom. The van der Waals surface area contributed by atoms with E-state index in [9.17, 15) is 18.0 Å². The number of morpholine rings is 1. The molecule has 3 aromatic carbocycles. The van der Waals surface area contributed by atoms with Crippen LogP contribution in [-0.2, 0) is 22.3 Å². The van der Waals surface area contributed by atoms with Crippen LogP contribution in [-0.4, -0.2) is 38.9 Å². The third kappa shape index (κ3) is 6.33. The second-order valence-corrected chi connectivity index (χ2v) is 9.88. The van der Waals surface area contributed by atoms with E-state index < -0.39 is 17.7 Å². The first-order valence-electron chi connectivity index (χ1n) is 13.6. The van der Waals surface area contributed by atoms with Crippen molar-refractivity contribution in [1.82, 2.24) is 0 Å². The maximum Gasteiger partial charge on any atom is 0.416 e. The number of nitrogens with zero attached hydrogens (tertiary/aromatic N) is 1. The average molecular weight is 552 g/mol. The molecule has 0 bridgehead atoms. The van der Waals surface area contributed by atoms with Crippen LogP contribution in [0.25, 0.3) is 11.1 Å². The number of carbonyl (C=O) groups is 1. The quantitative estimate of drug-likeness (QED) is 0.273. The second kappa shape index (κ2) is 12.2. The van der Waals surface area contributed by atoms with E-state index >= 15 is 0 Å². The molecule has 0 spiro atoms. The number of allylic oxidation sites excluding steroid dienone is 2. The van der Waals surface area contributed by atoms with Gasteiger partial charge in [-0.3, -0.25) is 0 Å². The topological polar surface area (TPSA) is 48.0 Å². The molecule has 1 fully saturated rings. The van der Waals surface area contributed by atoms with Gasteiger partial charge in [0.1, 0.15) is 12.4 Å². The molecule has 0 N–H and O–H groups in total. The van der Waals surface area contributed by atoms with Crippen molar-refractivity contribution in [2.45, 2.75) is 39.0 Å². The van der Waals surface area contributed by atoms with Crippen LogP contribution in [0.4, 0.5) is 18.9 Å². The first-order valence-corrected chi connectivity index (χ1v) is 13.6. The van der Waals surface area contributed by atoms with Crippen LogP contribution >= 0.6 is 0 Å². The van der Waals surface area contributed by atoms with E-state index in [2.05, 4.69) is 4.90 Å². The molecule has 8 heteroatoms. The highest BCUT2D eigenvalue weighted by Gasteiger charge is 2.32. The lowest BCUT2D eigenvalue weighted by Crippen LogP contribution is -2.36. The van der Waals surface area contributed by atoms with Crippen LogP contribution in [0, 0.1) is 0 Å². The van der Waals surface area contributed by atoms with Gasteiger partial charge < -0.3 is 19.1 Å². The fourth-order valence-corrected chi connectivity index (χ4v) is 5.28. The maximum absolute atomic E-state index is 13.8. The van der Waals surface area contributed by atoms with Gasteiger partial charge in [0.15, 0.2) is 0 Å². The standard InChI is InChI=1S/C32H32F3NO4/c1-2-39-31(37)24-17-23(18-26(19-24)36-13-15-38-16-14-36)27-9-6-10-28(27)29-20-25(32(33,34)35)11-12-30(29)40-21-22-7-4-3-5-8-22/h3-5,7-8,11-12,17-20H,2,6,9-10,13-16,21H2,1H3. The lowest BCUT2D eigenvalue weighted by Gasteiger charge is -2.29.